The van der Waals surface area contributed by atoms with Gasteiger partial charge < -0.3 is 4.74 Å². The molecule has 1 aromatic rings. The average molecular weight is 266 g/mol. The van der Waals surface area contributed by atoms with Crippen LogP contribution < -0.4 is 5.56 Å². The molecule has 1 heterocycles. The fourth-order valence-electron chi connectivity index (χ4n) is 1.99. The Morgan fingerprint density at radius 1 is 1.32 bits per heavy atom. The van der Waals surface area contributed by atoms with Crippen molar-refractivity contribution in [2.45, 2.75) is 53.0 Å². The maximum absolute atomic E-state index is 11.8. The van der Waals surface area contributed by atoms with E-state index in [1.165, 1.54) is 0 Å². The van der Waals surface area contributed by atoms with Gasteiger partial charge in [0.1, 0.15) is 5.82 Å². The molecule has 0 radical (unpaired) electrons. The average Bonchev–Trinajstić information content (AvgIpc) is 2.31. The van der Waals surface area contributed by atoms with Crippen molar-refractivity contribution in [1.82, 2.24) is 9.55 Å². The Morgan fingerprint density at radius 3 is 2.68 bits per heavy atom. The molecule has 0 saturated carbocycles. The molecule has 0 N–H and O–H groups in total. The van der Waals surface area contributed by atoms with Gasteiger partial charge in [-0.1, -0.05) is 6.42 Å². The summed E-state index contributed by atoms with van der Waals surface area (Å²) in [7, 11) is 0. The molecule has 5 heteroatoms. The van der Waals surface area contributed by atoms with Gasteiger partial charge in [0.05, 0.1) is 6.61 Å². The molecule has 106 valence electrons. The highest BCUT2D eigenvalue weighted by molar-refractivity contribution is 5.69. The van der Waals surface area contributed by atoms with E-state index in [4.69, 9.17) is 4.74 Å². The van der Waals surface area contributed by atoms with Gasteiger partial charge >= 0.3 is 5.97 Å². The molecule has 0 unspecified atom stereocenters. The topological polar surface area (TPSA) is 61.2 Å². The first-order valence-corrected chi connectivity index (χ1v) is 6.75. The molecule has 1 aromatic heterocycles. The summed E-state index contributed by atoms with van der Waals surface area (Å²) in [5.41, 5.74) is 0.747. The third kappa shape index (κ3) is 5.24. The number of carbonyl (C=O) groups excluding carboxylic acids is 1. The summed E-state index contributed by atoms with van der Waals surface area (Å²) in [6, 6.07) is 1.55. The number of rotatable bonds is 7. The van der Waals surface area contributed by atoms with E-state index in [2.05, 4.69) is 4.98 Å². The van der Waals surface area contributed by atoms with Crippen LogP contribution in [0.4, 0.5) is 0 Å². The van der Waals surface area contributed by atoms with Crippen LogP contribution >= 0.6 is 0 Å². The van der Waals surface area contributed by atoms with Gasteiger partial charge in [-0.05, 0) is 33.6 Å². The second kappa shape index (κ2) is 7.71. The number of aryl methyl sites for hydroxylation is 2. The summed E-state index contributed by atoms with van der Waals surface area (Å²) in [4.78, 5) is 27.2. The summed E-state index contributed by atoms with van der Waals surface area (Å²) in [5.74, 6) is 0.600. The smallest absolute Gasteiger partial charge is 0.305 e. The lowest BCUT2D eigenvalue weighted by atomic mass is 10.2. The lowest BCUT2D eigenvalue weighted by molar-refractivity contribution is -0.143. The maximum Gasteiger partial charge on any atom is 0.305 e. The van der Waals surface area contributed by atoms with Crippen molar-refractivity contribution in [3.05, 3.63) is 27.9 Å². The summed E-state index contributed by atoms with van der Waals surface area (Å²) in [6.45, 7) is 6.55. The van der Waals surface area contributed by atoms with Crippen LogP contribution in [0.5, 0.6) is 0 Å². The first-order valence-electron chi connectivity index (χ1n) is 6.75. The Bertz CT molecular complexity index is 480. The van der Waals surface area contributed by atoms with Crippen LogP contribution in [-0.2, 0) is 16.1 Å². The first kappa shape index (κ1) is 15.4. The molecule has 0 aliphatic rings. The summed E-state index contributed by atoms with van der Waals surface area (Å²) >= 11 is 0. The molecule has 0 fully saturated rings. The van der Waals surface area contributed by atoms with Gasteiger partial charge in [0, 0.05) is 24.7 Å². The largest absolute Gasteiger partial charge is 0.466 e. The highest BCUT2D eigenvalue weighted by atomic mass is 16.5. The van der Waals surface area contributed by atoms with E-state index in [1.54, 1.807) is 17.6 Å². The summed E-state index contributed by atoms with van der Waals surface area (Å²) < 4.78 is 6.53. The highest BCUT2D eigenvalue weighted by Crippen LogP contribution is 2.04. The van der Waals surface area contributed by atoms with Crippen LogP contribution in [0.1, 0.15) is 44.1 Å². The number of aromatic nitrogens is 2. The number of hydrogen-bond donors (Lipinski definition) is 0. The van der Waals surface area contributed by atoms with Crippen LogP contribution in [0.2, 0.25) is 0 Å². The first-order chi connectivity index (χ1) is 9.04. The highest BCUT2D eigenvalue weighted by Gasteiger charge is 2.04. The molecule has 0 aliphatic carbocycles. The minimum atomic E-state index is -0.146. The summed E-state index contributed by atoms with van der Waals surface area (Å²) in [6.07, 6.45) is 3.02. The van der Waals surface area contributed by atoms with Crippen molar-refractivity contribution < 1.29 is 9.53 Å². The van der Waals surface area contributed by atoms with Gasteiger partial charge in [-0.25, -0.2) is 4.98 Å². The van der Waals surface area contributed by atoms with Crippen LogP contribution in [0, 0.1) is 13.8 Å². The van der Waals surface area contributed by atoms with Crippen molar-refractivity contribution in [3.8, 4) is 0 Å². The molecule has 0 aromatic carbocycles. The number of unbranched alkanes of at least 4 members (excludes halogenated alkanes) is 2. The third-order valence-electron chi connectivity index (χ3n) is 2.90. The molecule has 0 amide bonds. The molecule has 5 nitrogen and oxygen atoms in total. The summed E-state index contributed by atoms with van der Waals surface area (Å²) in [5, 5.41) is 0. The van der Waals surface area contributed by atoms with Crippen molar-refractivity contribution in [1.29, 1.82) is 0 Å². The predicted octanol–water partition coefficient (Wildman–Crippen LogP) is 1.98. The van der Waals surface area contributed by atoms with Gasteiger partial charge in [0.15, 0.2) is 0 Å². The lowest BCUT2D eigenvalue weighted by Crippen LogP contribution is -2.23. The van der Waals surface area contributed by atoms with E-state index in [1.807, 2.05) is 13.8 Å². The van der Waals surface area contributed by atoms with Crippen LogP contribution in [0.3, 0.4) is 0 Å². The van der Waals surface area contributed by atoms with Crippen LogP contribution in [0.15, 0.2) is 10.9 Å². The lowest BCUT2D eigenvalue weighted by Gasteiger charge is -2.09. The molecule has 0 saturated heterocycles. The van der Waals surface area contributed by atoms with Crippen molar-refractivity contribution in [3.63, 3.8) is 0 Å². The van der Waals surface area contributed by atoms with E-state index in [0.717, 1.165) is 30.8 Å². The Balaban J connectivity index is 2.34. The minimum absolute atomic E-state index is 0.00427. The number of hydrogen-bond acceptors (Lipinski definition) is 4. The van der Waals surface area contributed by atoms with E-state index >= 15 is 0 Å². The predicted molar refractivity (Wildman–Crippen MR) is 73.1 cm³/mol. The van der Waals surface area contributed by atoms with Crippen LogP contribution in [-0.4, -0.2) is 22.1 Å². The zero-order valence-corrected chi connectivity index (χ0v) is 11.9. The zero-order valence-electron chi connectivity index (χ0n) is 11.9. The zero-order chi connectivity index (χ0) is 14.3. The standard InChI is InChI=1S/C14H22N2O3/c1-4-19-14(18)8-6-5-7-9-16-12(3)15-11(2)10-13(16)17/h10H,4-9H2,1-3H3. The molecule has 0 spiro atoms. The SMILES string of the molecule is CCOC(=O)CCCCCn1c(C)nc(C)cc1=O. The monoisotopic (exact) mass is 266 g/mol. The number of nitrogens with zero attached hydrogens (tertiary/aromatic N) is 2. The Morgan fingerprint density at radius 2 is 2.05 bits per heavy atom. The van der Waals surface area contributed by atoms with Gasteiger partial charge in [-0.3, -0.25) is 14.2 Å². The minimum Gasteiger partial charge on any atom is -0.466 e. The van der Waals surface area contributed by atoms with Crippen molar-refractivity contribution >= 4 is 5.97 Å². The molecule has 19 heavy (non-hydrogen) atoms. The van der Waals surface area contributed by atoms with E-state index in [0.29, 0.717) is 19.6 Å². The fourth-order valence-corrected chi connectivity index (χ4v) is 1.99. The second-order valence-corrected chi connectivity index (χ2v) is 4.55. The Labute approximate surface area is 113 Å². The van der Waals surface area contributed by atoms with Crippen molar-refractivity contribution in [2.75, 3.05) is 6.61 Å². The Kier molecular flexibility index (Phi) is 6.25. The van der Waals surface area contributed by atoms with Gasteiger partial charge in [-0.2, -0.15) is 0 Å². The van der Waals surface area contributed by atoms with Crippen LogP contribution in [0.25, 0.3) is 0 Å². The maximum atomic E-state index is 11.8. The van der Waals surface area contributed by atoms with E-state index in [9.17, 15) is 9.59 Å². The molecule has 0 bridgehead atoms. The van der Waals surface area contributed by atoms with E-state index in [-0.39, 0.29) is 11.5 Å². The normalized spacial score (nSPS) is 10.5. The third-order valence-corrected chi connectivity index (χ3v) is 2.90. The molecular formula is C14H22N2O3. The number of ether oxygens (including phenoxy) is 1. The Hall–Kier alpha value is -1.65. The quantitative estimate of drug-likeness (QED) is 0.559. The number of esters is 1. The van der Waals surface area contributed by atoms with Gasteiger partial charge in [0.2, 0.25) is 0 Å². The second-order valence-electron chi connectivity index (χ2n) is 4.55. The molecule has 1 rings (SSSR count). The van der Waals surface area contributed by atoms with Crippen molar-refractivity contribution in [2.24, 2.45) is 0 Å². The fraction of sp³-hybridized carbons (Fsp3) is 0.643. The number of carbonyl (C=O) groups is 1. The van der Waals surface area contributed by atoms with Gasteiger partial charge in [-0.15, -0.1) is 0 Å². The molecule has 0 atom stereocenters. The molecule has 0 aliphatic heterocycles. The van der Waals surface area contributed by atoms with Gasteiger partial charge in [0.25, 0.3) is 5.56 Å². The molecular weight excluding hydrogens is 244 g/mol. The van der Waals surface area contributed by atoms with E-state index < -0.39 is 0 Å².